The highest BCUT2D eigenvalue weighted by molar-refractivity contribution is 5.80. The van der Waals surface area contributed by atoms with E-state index in [1.807, 2.05) is 13.0 Å². The first-order valence-electron chi connectivity index (χ1n) is 8.87. The van der Waals surface area contributed by atoms with Crippen molar-refractivity contribution < 1.29 is 18.7 Å². The van der Waals surface area contributed by atoms with Crippen LogP contribution in [0.2, 0.25) is 0 Å². The summed E-state index contributed by atoms with van der Waals surface area (Å²) in [6.45, 7) is 7.36. The first kappa shape index (κ1) is 19.8. The zero-order valence-corrected chi connectivity index (χ0v) is 15.6. The van der Waals surface area contributed by atoms with Crippen LogP contribution in [0.4, 0.5) is 9.18 Å². The average Bonchev–Trinajstić information content (AvgIpc) is 2.65. The molecule has 8 heteroatoms. The first-order chi connectivity index (χ1) is 12.6. The van der Waals surface area contributed by atoms with Gasteiger partial charge in [-0.15, -0.1) is 0 Å². The number of nitrogens with zero attached hydrogens (tertiary/aromatic N) is 3. The Labute approximate surface area is 153 Å². The molecule has 1 amide bonds. The summed E-state index contributed by atoms with van der Waals surface area (Å²) in [5.41, 5.74) is 0.803. The van der Waals surface area contributed by atoms with Crippen LogP contribution in [0.5, 0.6) is 5.75 Å². The molecule has 0 unspecified atom stereocenters. The SMILES string of the molecule is CCOC(=O)N1CCN(C(=NC)NCc2ccc(OCC)c(F)c2)CC1. The summed E-state index contributed by atoms with van der Waals surface area (Å²) in [6, 6.07) is 4.92. The molecule has 26 heavy (non-hydrogen) atoms. The standard InChI is InChI=1S/C18H27FN4O3/c1-4-25-16-7-6-14(12-15(16)19)13-21-17(20-3)22-8-10-23(11-9-22)18(24)26-5-2/h6-7,12H,4-5,8-11,13H2,1-3H3,(H,20,21). The minimum atomic E-state index is -0.371. The van der Waals surface area contributed by atoms with Gasteiger partial charge in [0.25, 0.3) is 0 Å². The van der Waals surface area contributed by atoms with Crippen molar-refractivity contribution in [3.63, 3.8) is 0 Å². The lowest BCUT2D eigenvalue weighted by Gasteiger charge is -2.35. The number of aliphatic imine (C=N–C) groups is 1. The first-order valence-corrected chi connectivity index (χ1v) is 8.87. The molecule has 0 bridgehead atoms. The second kappa shape index (κ2) is 9.84. The van der Waals surface area contributed by atoms with Crippen LogP contribution in [0.15, 0.2) is 23.2 Å². The van der Waals surface area contributed by atoms with E-state index in [0.717, 1.165) is 11.5 Å². The van der Waals surface area contributed by atoms with Crippen LogP contribution >= 0.6 is 0 Å². The molecule has 0 spiro atoms. The third-order valence-electron chi connectivity index (χ3n) is 4.06. The smallest absolute Gasteiger partial charge is 0.409 e. The highest BCUT2D eigenvalue weighted by Gasteiger charge is 2.23. The van der Waals surface area contributed by atoms with Crippen molar-refractivity contribution in [3.05, 3.63) is 29.6 Å². The number of carbonyl (C=O) groups excluding carboxylic acids is 1. The minimum absolute atomic E-state index is 0.260. The molecule has 0 atom stereocenters. The summed E-state index contributed by atoms with van der Waals surface area (Å²) >= 11 is 0. The van der Waals surface area contributed by atoms with E-state index in [2.05, 4.69) is 15.2 Å². The number of hydrogen-bond donors (Lipinski definition) is 1. The molecule has 7 nitrogen and oxygen atoms in total. The van der Waals surface area contributed by atoms with Gasteiger partial charge >= 0.3 is 6.09 Å². The van der Waals surface area contributed by atoms with Crippen molar-refractivity contribution in [2.45, 2.75) is 20.4 Å². The average molecular weight is 366 g/mol. The van der Waals surface area contributed by atoms with E-state index in [0.29, 0.717) is 45.9 Å². The monoisotopic (exact) mass is 366 g/mol. The molecule has 1 aliphatic heterocycles. The van der Waals surface area contributed by atoms with E-state index in [9.17, 15) is 9.18 Å². The van der Waals surface area contributed by atoms with Crippen molar-refractivity contribution >= 4 is 12.1 Å². The molecule has 0 radical (unpaired) electrons. The van der Waals surface area contributed by atoms with E-state index < -0.39 is 0 Å². The van der Waals surface area contributed by atoms with E-state index in [4.69, 9.17) is 9.47 Å². The number of nitrogens with one attached hydrogen (secondary N) is 1. The number of guanidine groups is 1. The summed E-state index contributed by atoms with van der Waals surface area (Å²) < 4.78 is 24.2. The van der Waals surface area contributed by atoms with Crippen LogP contribution in [-0.4, -0.2) is 68.3 Å². The summed E-state index contributed by atoms with van der Waals surface area (Å²) in [7, 11) is 1.71. The molecule has 1 N–H and O–H groups in total. The molecule has 1 aromatic rings. The molecule has 1 heterocycles. The van der Waals surface area contributed by atoms with Crippen molar-refractivity contribution in [2.24, 2.45) is 4.99 Å². The summed E-state index contributed by atoms with van der Waals surface area (Å²) in [5, 5.41) is 3.24. The van der Waals surface area contributed by atoms with Gasteiger partial charge in [0.05, 0.1) is 13.2 Å². The maximum atomic E-state index is 13.9. The number of hydrogen-bond acceptors (Lipinski definition) is 4. The van der Waals surface area contributed by atoms with E-state index in [1.54, 1.807) is 24.9 Å². The third-order valence-corrected chi connectivity index (χ3v) is 4.06. The van der Waals surface area contributed by atoms with Gasteiger partial charge in [0.2, 0.25) is 0 Å². The Bertz CT molecular complexity index is 631. The number of piperazine rings is 1. The molecule has 1 saturated heterocycles. The second-order valence-electron chi connectivity index (χ2n) is 5.77. The van der Waals surface area contributed by atoms with Gasteiger partial charge in [-0.3, -0.25) is 4.99 Å². The predicted molar refractivity (Wildman–Crippen MR) is 97.9 cm³/mol. The van der Waals surface area contributed by atoms with Crippen molar-refractivity contribution in [1.29, 1.82) is 0 Å². The molecular formula is C18H27FN4O3. The Balaban J connectivity index is 1.87. The minimum Gasteiger partial charge on any atom is -0.491 e. The molecule has 2 rings (SSSR count). The fourth-order valence-corrected chi connectivity index (χ4v) is 2.76. The van der Waals surface area contributed by atoms with Crippen LogP contribution in [0.25, 0.3) is 0 Å². The molecule has 0 aliphatic carbocycles. The fraction of sp³-hybridized carbons (Fsp3) is 0.556. The van der Waals surface area contributed by atoms with Gasteiger partial charge in [0, 0.05) is 39.8 Å². The van der Waals surface area contributed by atoms with Gasteiger partial charge in [-0.2, -0.15) is 0 Å². The van der Waals surface area contributed by atoms with E-state index in [-0.39, 0.29) is 17.7 Å². The van der Waals surface area contributed by atoms with Gasteiger partial charge in [-0.05, 0) is 31.5 Å². The lowest BCUT2D eigenvalue weighted by molar-refractivity contribution is 0.0914. The lowest BCUT2D eigenvalue weighted by Crippen LogP contribution is -2.53. The van der Waals surface area contributed by atoms with Crippen LogP contribution in [0.1, 0.15) is 19.4 Å². The highest BCUT2D eigenvalue weighted by atomic mass is 19.1. The van der Waals surface area contributed by atoms with Gasteiger partial charge in [-0.25, -0.2) is 9.18 Å². The summed E-state index contributed by atoms with van der Waals surface area (Å²) in [5.74, 6) is 0.614. The van der Waals surface area contributed by atoms with Gasteiger partial charge in [-0.1, -0.05) is 6.07 Å². The zero-order valence-electron chi connectivity index (χ0n) is 15.6. The number of amides is 1. The Morgan fingerprint density at radius 1 is 1.19 bits per heavy atom. The van der Waals surface area contributed by atoms with Crippen molar-refractivity contribution in [2.75, 3.05) is 46.4 Å². The Kier molecular flexibility index (Phi) is 7.50. The number of rotatable bonds is 5. The van der Waals surface area contributed by atoms with Gasteiger partial charge in [0.1, 0.15) is 0 Å². The molecule has 144 valence electrons. The van der Waals surface area contributed by atoms with Crippen LogP contribution in [0, 0.1) is 5.82 Å². The normalized spacial score (nSPS) is 15.0. The maximum Gasteiger partial charge on any atom is 0.409 e. The largest absolute Gasteiger partial charge is 0.491 e. The second-order valence-corrected chi connectivity index (χ2v) is 5.77. The van der Waals surface area contributed by atoms with Crippen LogP contribution in [0.3, 0.4) is 0 Å². The van der Waals surface area contributed by atoms with Gasteiger partial charge in [0.15, 0.2) is 17.5 Å². The Morgan fingerprint density at radius 3 is 2.46 bits per heavy atom. The fourth-order valence-electron chi connectivity index (χ4n) is 2.76. The zero-order chi connectivity index (χ0) is 18.9. The molecule has 1 fully saturated rings. The van der Waals surface area contributed by atoms with E-state index >= 15 is 0 Å². The highest BCUT2D eigenvalue weighted by Crippen LogP contribution is 2.18. The predicted octanol–water partition coefficient (Wildman–Crippen LogP) is 2.07. The van der Waals surface area contributed by atoms with Gasteiger partial charge < -0.3 is 24.6 Å². The van der Waals surface area contributed by atoms with Crippen molar-refractivity contribution in [3.8, 4) is 5.75 Å². The lowest BCUT2D eigenvalue weighted by atomic mass is 10.2. The van der Waals surface area contributed by atoms with Crippen molar-refractivity contribution in [1.82, 2.24) is 15.1 Å². The molecule has 1 aliphatic rings. The number of halogens is 1. The molecule has 1 aromatic carbocycles. The summed E-state index contributed by atoms with van der Waals surface area (Å²) in [6.07, 6.45) is -0.278. The molecular weight excluding hydrogens is 339 g/mol. The molecule has 0 aromatic heterocycles. The van der Waals surface area contributed by atoms with Crippen LogP contribution < -0.4 is 10.1 Å². The quantitative estimate of drug-likeness (QED) is 0.638. The Morgan fingerprint density at radius 2 is 1.88 bits per heavy atom. The topological polar surface area (TPSA) is 66.4 Å². The summed E-state index contributed by atoms with van der Waals surface area (Å²) in [4.78, 5) is 19.8. The number of ether oxygens (including phenoxy) is 2. The Hall–Kier alpha value is -2.51. The van der Waals surface area contributed by atoms with E-state index in [1.165, 1.54) is 6.07 Å². The van der Waals surface area contributed by atoms with Crippen LogP contribution in [-0.2, 0) is 11.3 Å². The number of benzene rings is 1. The molecule has 0 saturated carbocycles. The third kappa shape index (κ3) is 5.24. The maximum absolute atomic E-state index is 13.9. The number of carbonyl (C=O) groups is 1.